The van der Waals surface area contributed by atoms with Crippen LogP contribution in [0.25, 0.3) is 0 Å². The summed E-state index contributed by atoms with van der Waals surface area (Å²) in [5.74, 6) is -1.06. The molecule has 0 bridgehead atoms. The SMILES string of the molecule is CCCCCCCCCCCC(=O)NCCCCC(NC(=O)CCCCCCCCCCC)C(=O)O. The lowest BCUT2D eigenvalue weighted by Gasteiger charge is -2.14. The van der Waals surface area contributed by atoms with Gasteiger partial charge in [0.25, 0.3) is 0 Å². The van der Waals surface area contributed by atoms with Crippen molar-refractivity contribution in [2.45, 2.75) is 168 Å². The maximum atomic E-state index is 12.1. The number of aliphatic carboxylic acids is 1. The number of hydrogen-bond donors (Lipinski definition) is 3. The molecular weight excluding hydrogens is 452 g/mol. The van der Waals surface area contributed by atoms with Gasteiger partial charge in [-0.25, -0.2) is 4.79 Å². The molecule has 0 saturated carbocycles. The van der Waals surface area contributed by atoms with E-state index in [1.807, 2.05) is 0 Å². The molecule has 212 valence electrons. The summed E-state index contributed by atoms with van der Waals surface area (Å²) in [5.41, 5.74) is 0. The zero-order valence-corrected chi connectivity index (χ0v) is 23.7. The summed E-state index contributed by atoms with van der Waals surface area (Å²) in [6.07, 6.45) is 24.6. The molecule has 2 amide bonds. The van der Waals surface area contributed by atoms with Crippen LogP contribution >= 0.6 is 0 Å². The average molecular weight is 511 g/mol. The number of carbonyl (C=O) groups is 3. The third-order valence-corrected chi connectivity index (χ3v) is 6.89. The Hall–Kier alpha value is -1.59. The summed E-state index contributed by atoms with van der Waals surface area (Å²) in [5, 5.41) is 15.0. The molecule has 0 heterocycles. The predicted molar refractivity (Wildman–Crippen MR) is 150 cm³/mol. The Bertz CT molecular complexity index is 539. The first-order valence-corrected chi connectivity index (χ1v) is 15.3. The Morgan fingerprint density at radius 2 is 0.972 bits per heavy atom. The lowest BCUT2D eigenvalue weighted by molar-refractivity contribution is -0.142. The van der Waals surface area contributed by atoms with Crippen molar-refractivity contribution in [1.29, 1.82) is 0 Å². The van der Waals surface area contributed by atoms with Gasteiger partial charge >= 0.3 is 5.97 Å². The molecule has 6 nitrogen and oxygen atoms in total. The van der Waals surface area contributed by atoms with E-state index in [9.17, 15) is 19.5 Å². The van der Waals surface area contributed by atoms with E-state index in [1.165, 1.54) is 83.5 Å². The molecule has 0 spiro atoms. The molecule has 0 saturated heterocycles. The van der Waals surface area contributed by atoms with Crippen LogP contribution in [0.5, 0.6) is 0 Å². The fraction of sp³-hybridized carbons (Fsp3) is 0.900. The molecule has 0 aromatic heterocycles. The summed E-state index contributed by atoms with van der Waals surface area (Å²) in [6, 6.07) is -0.839. The Kier molecular flexibility index (Phi) is 25.3. The highest BCUT2D eigenvalue weighted by Gasteiger charge is 2.19. The summed E-state index contributed by atoms with van der Waals surface area (Å²) < 4.78 is 0. The van der Waals surface area contributed by atoms with Gasteiger partial charge in [0, 0.05) is 19.4 Å². The highest BCUT2D eigenvalue weighted by molar-refractivity contribution is 5.83. The highest BCUT2D eigenvalue weighted by Crippen LogP contribution is 2.12. The van der Waals surface area contributed by atoms with E-state index in [2.05, 4.69) is 24.5 Å². The van der Waals surface area contributed by atoms with E-state index in [4.69, 9.17) is 0 Å². The number of carboxylic acids is 1. The molecule has 0 aromatic carbocycles. The van der Waals surface area contributed by atoms with Gasteiger partial charge in [-0.3, -0.25) is 9.59 Å². The fourth-order valence-electron chi connectivity index (χ4n) is 4.51. The highest BCUT2D eigenvalue weighted by atomic mass is 16.4. The molecule has 3 N–H and O–H groups in total. The molecule has 0 aliphatic carbocycles. The van der Waals surface area contributed by atoms with Crippen LogP contribution in [-0.4, -0.2) is 35.5 Å². The fourth-order valence-corrected chi connectivity index (χ4v) is 4.51. The largest absolute Gasteiger partial charge is 0.480 e. The average Bonchev–Trinajstić information content (AvgIpc) is 2.85. The molecular formula is C30H58N2O4. The minimum Gasteiger partial charge on any atom is -0.480 e. The van der Waals surface area contributed by atoms with Crippen LogP contribution in [0.4, 0.5) is 0 Å². The summed E-state index contributed by atoms with van der Waals surface area (Å²) in [6.45, 7) is 5.02. The first kappa shape index (κ1) is 34.4. The Morgan fingerprint density at radius 3 is 1.42 bits per heavy atom. The number of carboxylic acid groups (broad SMARTS) is 1. The third kappa shape index (κ3) is 24.1. The van der Waals surface area contributed by atoms with Crippen LogP contribution in [0.2, 0.25) is 0 Å². The molecule has 0 radical (unpaired) electrons. The monoisotopic (exact) mass is 510 g/mol. The van der Waals surface area contributed by atoms with Crippen molar-refractivity contribution in [3.63, 3.8) is 0 Å². The first-order chi connectivity index (χ1) is 17.5. The predicted octanol–water partition coefficient (Wildman–Crippen LogP) is 7.68. The van der Waals surface area contributed by atoms with Crippen molar-refractivity contribution in [1.82, 2.24) is 10.6 Å². The number of unbranched alkanes of at least 4 members (excludes halogenated alkanes) is 17. The lowest BCUT2D eigenvalue weighted by atomic mass is 10.1. The van der Waals surface area contributed by atoms with E-state index >= 15 is 0 Å². The number of hydrogen-bond acceptors (Lipinski definition) is 3. The number of nitrogens with one attached hydrogen (secondary N) is 2. The maximum Gasteiger partial charge on any atom is 0.326 e. The standard InChI is InChI=1S/C30H58N2O4/c1-3-5-7-9-11-13-15-17-19-24-28(33)31-26-22-21-23-27(30(35)36)32-29(34)25-20-18-16-14-12-10-8-6-4-2/h27H,3-26H2,1-2H3,(H,31,33)(H,32,34)(H,35,36). The second-order valence-corrected chi connectivity index (χ2v) is 10.5. The maximum absolute atomic E-state index is 12.1. The van der Waals surface area contributed by atoms with Crippen molar-refractivity contribution in [2.75, 3.05) is 6.54 Å². The van der Waals surface area contributed by atoms with Crippen molar-refractivity contribution in [3.05, 3.63) is 0 Å². The van der Waals surface area contributed by atoms with Crippen LogP contribution in [0.15, 0.2) is 0 Å². The Morgan fingerprint density at radius 1 is 0.556 bits per heavy atom. The Labute approximate surface area is 222 Å². The summed E-state index contributed by atoms with van der Waals surface area (Å²) in [7, 11) is 0. The van der Waals surface area contributed by atoms with Crippen molar-refractivity contribution < 1.29 is 19.5 Å². The Balaban J connectivity index is 3.69. The smallest absolute Gasteiger partial charge is 0.326 e. The van der Waals surface area contributed by atoms with Gasteiger partial charge in [0.05, 0.1) is 0 Å². The second-order valence-electron chi connectivity index (χ2n) is 10.5. The van der Waals surface area contributed by atoms with Gasteiger partial charge in [-0.15, -0.1) is 0 Å². The molecule has 0 rings (SSSR count). The van der Waals surface area contributed by atoms with Gasteiger partial charge in [0.2, 0.25) is 11.8 Å². The van der Waals surface area contributed by atoms with E-state index in [0.29, 0.717) is 32.2 Å². The van der Waals surface area contributed by atoms with Gasteiger partial charge < -0.3 is 15.7 Å². The number of amides is 2. The van der Waals surface area contributed by atoms with Gasteiger partial charge in [-0.1, -0.05) is 117 Å². The van der Waals surface area contributed by atoms with Crippen LogP contribution in [0.1, 0.15) is 162 Å². The quantitative estimate of drug-likeness (QED) is 0.0987. The van der Waals surface area contributed by atoms with E-state index in [-0.39, 0.29) is 11.8 Å². The van der Waals surface area contributed by atoms with Crippen molar-refractivity contribution in [3.8, 4) is 0 Å². The first-order valence-electron chi connectivity index (χ1n) is 15.3. The van der Waals surface area contributed by atoms with Gasteiger partial charge in [0.1, 0.15) is 6.04 Å². The number of carbonyl (C=O) groups excluding carboxylic acids is 2. The van der Waals surface area contributed by atoms with Crippen molar-refractivity contribution >= 4 is 17.8 Å². The van der Waals surface area contributed by atoms with Crippen LogP contribution in [0.3, 0.4) is 0 Å². The van der Waals surface area contributed by atoms with Crippen LogP contribution in [-0.2, 0) is 14.4 Å². The molecule has 1 atom stereocenters. The molecule has 0 aromatic rings. The molecule has 0 aliphatic rings. The molecule has 0 fully saturated rings. The van der Waals surface area contributed by atoms with Gasteiger partial charge in [-0.2, -0.15) is 0 Å². The molecule has 1 unspecified atom stereocenters. The minimum atomic E-state index is -0.982. The zero-order valence-electron chi connectivity index (χ0n) is 23.7. The molecule has 6 heteroatoms. The normalized spacial score (nSPS) is 11.8. The zero-order chi connectivity index (χ0) is 26.7. The van der Waals surface area contributed by atoms with Crippen LogP contribution < -0.4 is 10.6 Å². The number of rotatable bonds is 27. The van der Waals surface area contributed by atoms with Crippen molar-refractivity contribution in [2.24, 2.45) is 0 Å². The minimum absolute atomic E-state index is 0.0852. The van der Waals surface area contributed by atoms with E-state index in [0.717, 1.165) is 38.5 Å². The second kappa shape index (κ2) is 26.5. The van der Waals surface area contributed by atoms with Crippen LogP contribution in [0, 0.1) is 0 Å². The molecule has 36 heavy (non-hydrogen) atoms. The van der Waals surface area contributed by atoms with E-state index < -0.39 is 12.0 Å². The summed E-state index contributed by atoms with van der Waals surface area (Å²) >= 11 is 0. The van der Waals surface area contributed by atoms with Gasteiger partial charge in [-0.05, 0) is 32.1 Å². The van der Waals surface area contributed by atoms with E-state index in [1.54, 1.807) is 0 Å². The lowest BCUT2D eigenvalue weighted by Crippen LogP contribution is -2.40. The third-order valence-electron chi connectivity index (χ3n) is 6.89. The van der Waals surface area contributed by atoms with Gasteiger partial charge in [0.15, 0.2) is 0 Å². The summed E-state index contributed by atoms with van der Waals surface area (Å²) in [4.78, 5) is 35.6. The molecule has 0 aliphatic heterocycles. The topological polar surface area (TPSA) is 95.5 Å².